The summed E-state index contributed by atoms with van der Waals surface area (Å²) < 4.78 is 27.2. The van der Waals surface area contributed by atoms with Crippen LogP contribution in [0.25, 0.3) is 0 Å². The number of aliphatic hydroxyl groups is 1. The fourth-order valence-electron chi connectivity index (χ4n) is 1.78. The summed E-state index contributed by atoms with van der Waals surface area (Å²) in [7, 11) is -3.67. The average molecular weight is 292 g/mol. The smallest absolute Gasteiger partial charge is 0.261 e. The lowest BCUT2D eigenvalue weighted by molar-refractivity contribution is 0.281. The van der Waals surface area contributed by atoms with Crippen molar-refractivity contribution in [2.24, 2.45) is 0 Å². The van der Waals surface area contributed by atoms with Gasteiger partial charge in [0.2, 0.25) is 0 Å². The number of aromatic nitrogens is 1. The van der Waals surface area contributed by atoms with Crippen LogP contribution < -0.4 is 4.72 Å². The Bertz CT molecular complexity index is 727. The Hall–Kier alpha value is -1.92. The third-order valence-corrected chi connectivity index (χ3v) is 4.43. The summed E-state index contributed by atoms with van der Waals surface area (Å²) in [4.78, 5) is 4.05. The SMILES string of the molecule is Cc1ccc(S(=O)(=O)Nc2ccncc2C)cc1CO. The first-order valence-corrected chi connectivity index (χ1v) is 7.56. The minimum absolute atomic E-state index is 0.128. The van der Waals surface area contributed by atoms with E-state index in [1.807, 2.05) is 6.92 Å². The zero-order valence-corrected chi connectivity index (χ0v) is 12.1. The lowest BCUT2D eigenvalue weighted by atomic mass is 10.1. The van der Waals surface area contributed by atoms with Crippen molar-refractivity contribution in [2.45, 2.75) is 25.3 Å². The van der Waals surface area contributed by atoms with Gasteiger partial charge in [-0.3, -0.25) is 9.71 Å². The molecule has 2 aromatic rings. The molecule has 0 amide bonds. The molecule has 106 valence electrons. The molecular formula is C14H16N2O3S. The van der Waals surface area contributed by atoms with Gasteiger partial charge < -0.3 is 5.11 Å². The second kappa shape index (κ2) is 5.60. The van der Waals surface area contributed by atoms with Gasteiger partial charge in [-0.1, -0.05) is 6.07 Å². The molecule has 2 rings (SSSR count). The summed E-state index contributed by atoms with van der Waals surface area (Å²) in [5, 5.41) is 9.22. The maximum Gasteiger partial charge on any atom is 0.261 e. The zero-order chi connectivity index (χ0) is 14.8. The van der Waals surface area contributed by atoms with Crippen LogP contribution in [-0.2, 0) is 16.6 Å². The molecule has 6 heteroatoms. The second-order valence-electron chi connectivity index (χ2n) is 4.54. The van der Waals surface area contributed by atoms with E-state index in [2.05, 4.69) is 9.71 Å². The Morgan fingerprint density at radius 1 is 1.20 bits per heavy atom. The van der Waals surface area contributed by atoms with E-state index in [-0.39, 0.29) is 11.5 Å². The molecule has 2 N–H and O–H groups in total. The van der Waals surface area contributed by atoms with Crippen molar-refractivity contribution in [1.29, 1.82) is 0 Å². The molecule has 0 saturated carbocycles. The summed E-state index contributed by atoms with van der Waals surface area (Å²) in [6, 6.07) is 6.29. The highest BCUT2D eigenvalue weighted by Gasteiger charge is 2.16. The number of hydrogen-bond donors (Lipinski definition) is 2. The number of aliphatic hydroxyl groups excluding tert-OH is 1. The molecular weight excluding hydrogens is 276 g/mol. The maximum atomic E-state index is 12.3. The number of aryl methyl sites for hydroxylation is 2. The molecule has 0 aliphatic rings. The van der Waals surface area contributed by atoms with Crippen LogP contribution in [-0.4, -0.2) is 18.5 Å². The second-order valence-corrected chi connectivity index (χ2v) is 6.22. The van der Waals surface area contributed by atoms with E-state index >= 15 is 0 Å². The molecule has 0 aliphatic heterocycles. The first-order chi connectivity index (χ1) is 9.44. The topological polar surface area (TPSA) is 79.3 Å². The van der Waals surface area contributed by atoms with Gasteiger partial charge in [0.15, 0.2) is 0 Å². The molecule has 0 radical (unpaired) electrons. The van der Waals surface area contributed by atoms with Gasteiger partial charge in [0.25, 0.3) is 10.0 Å². The molecule has 0 bridgehead atoms. The van der Waals surface area contributed by atoms with Crippen molar-refractivity contribution in [3.05, 3.63) is 53.3 Å². The van der Waals surface area contributed by atoms with Crippen molar-refractivity contribution in [3.8, 4) is 0 Å². The highest BCUT2D eigenvalue weighted by atomic mass is 32.2. The van der Waals surface area contributed by atoms with Gasteiger partial charge in [-0.15, -0.1) is 0 Å². The quantitative estimate of drug-likeness (QED) is 0.903. The van der Waals surface area contributed by atoms with Crippen LogP contribution in [0.3, 0.4) is 0 Å². The van der Waals surface area contributed by atoms with Crippen LogP contribution in [0.1, 0.15) is 16.7 Å². The number of benzene rings is 1. The van der Waals surface area contributed by atoms with Gasteiger partial charge in [0, 0.05) is 12.4 Å². The van der Waals surface area contributed by atoms with E-state index in [1.54, 1.807) is 25.3 Å². The molecule has 0 unspecified atom stereocenters. The van der Waals surface area contributed by atoms with Gasteiger partial charge in [-0.2, -0.15) is 0 Å². The normalized spacial score (nSPS) is 11.3. The predicted octanol–water partition coefficient (Wildman–Crippen LogP) is 1.99. The number of hydrogen-bond acceptors (Lipinski definition) is 4. The minimum Gasteiger partial charge on any atom is -0.392 e. The molecule has 20 heavy (non-hydrogen) atoms. The average Bonchev–Trinajstić information content (AvgIpc) is 2.41. The Morgan fingerprint density at radius 3 is 2.60 bits per heavy atom. The van der Waals surface area contributed by atoms with Gasteiger partial charge >= 0.3 is 0 Å². The Balaban J connectivity index is 2.38. The molecule has 5 nitrogen and oxygen atoms in total. The third-order valence-electron chi connectivity index (χ3n) is 3.07. The van der Waals surface area contributed by atoms with E-state index in [9.17, 15) is 13.5 Å². The molecule has 1 aromatic carbocycles. The molecule has 0 fully saturated rings. The van der Waals surface area contributed by atoms with Gasteiger partial charge in [0.05, 0.1) is 17.2 Å². The zero-order valence-electron chi connectivity index (χ0n) is 11.3. The number of nitrogens with one attached hydrogen (secondary N) is 1. The number of sulfonamides is 1. The van der Waals surface area contributed by atoms with Crippen LogP contribution >= 0.6 is 0 Å². The molecule has 1 aromatic heterocycles. The van der Waals surface area contributed by atoms with E-state index in [1.165, 1.54) is 18.3 Å². The third kappa shape index (κ3) is 2.97. The van der Waals surface area contributed by atoms with Crippen LogP contribution in [0.4, 0.5) is 5.69 Å². The molecule has 1 heterocycles. The lowest BCUT2D eigenvalue weighted by Gasteiger charge is -2.11. The highest BCUT2D eigenvalue weighted by Crippen LogP contribution is 2.20. The van der Waals surface area contributed by atoms with Crippen molar-refractivity contribution in [1.82, 2.24) is 4.98 Å². The largest absolute Gasteiger partial charge is 0.392 e. The summed E-state index contributed by atoms with van der Waals surface area (Å²) >= 11 is 0. The first kappa shape index (κ1) is 14.5. The Labute approximate surface area is 118 Å². The van der Waals surface area contributed by atoms with Crippen LogP contribution in [0.2, 0.25) is 0 Å². The Kier molecular flexibility index (Phi) is 4.06. The summed E-state index contributed by atoms with van der Waals surface area (Å²) in [5.41, 5.74) is 2.68. The molecule has 0 aliphatic carbocycles. The summed E-state index contributed by atoms with van der Waals surface area (Å²) in [6.45, 7) is 3.41. The van der Waals surface area contributed by atoms with E-state index in [4.69, 9.17) is 0 Å². The van der Waals surface area contributed by atoms with Crippen LogP contribution in [0.15, 0.2) is 41.6 Å². The monoisotopic (exact) mass is 292 g/mol. The van der Waals surface area contributed by atoms with Crippen molar-refractivity contribution in [2.75, 3.05) is 4.72 Å². The van der Waals surface area contributed by atoms with E-state index in [0.717, 1.165) is 11.1 Å². The standard InChI is InChI=1S/C14H16N2O3S/c1-10-3-4-13(7-12(10)9-17)20(18,19)16-14-5-6-15-8-11(14)2/h3-8,17H,9H2,1-2H3,(H,15,16). The minimum atomic E-state index is -3.67. The number of pyridine rings is 1. The van der Waals surface area contributed by atoms with E-state index in [0.29, 0.717) is 11.3 Å². The first-order valence-electron chi connectivity index (χ1n) is 6.08. The summed E-state index contributed by atoms with van der Waals surface area (Å²) in [6.07, 6.45) is 3.12. The number of rotatable bonds is 4. The maximum absolute atomic E-state index is 12.3. The molecule has 0 spiro atoms. The van der Waals surface area contributed by atoms with Crippen molar-refractivity contribution < 1.29 is 13.5 Å². The Morgan fingerprint density at radius 2 is 1.95 bits per heavy atom. The van der Waals surface area contributed by atoms with Gasteiger partial charge in [-0.05, 0) is 48.7 Å². The van der Waals surface area contributed by atoms with E-state index < -0.39 is 10.0 Å². The fourth-order valence-corrected chi connectivity index (χ4v) is 2.96. The molecule has 0 saturated heterocycles. The number of nitrogens with zero attached hydrogens (tertiary/aromatic N) is 1. The van der Waals surface area contributed by atoms with Crippen LogP contribution in [0.5, 0.6) is 0 Å². The van der Waals surface area contributed by atoms with Gasteiger partial charge in [0.1, 0.15) is 0 Å². The fraction of sp³-hybridized carbons (Fsp3) is 0.214. The van der Waals surface area contributed by atoms with Gasteiger partial charge in [-0.25, -0.2) is 8.42 Å². The van der Waals surface area contributed by atoms with Crippen LogP contribution in [0, 0.1) is 13.8 Å². The lowest BCUT2D eigenvalue weighted by Crippen LogP contribution is -2.14. The predicted molar refractivity (Wildman–Crippen MR) is 76.9 cm³/mol. The summed E-state index contributed by atoms with van der Waals surface area (Å²) in [5.74, 6) is 0. The molecule has 0 atom stereocenters. The highest BCUT2D eigenvalue weighted by molar-refractivity contribution is 7.92. The van der Waals surface area contributed by atoms with Crippen molar-refractivity contribution in [3.63, 3.8) is 0 Å². The van der Waals surface area contributed by atoms with Crippen molar-refractivity contribution >= 4 is 15.7 Å². The number of anilines is 1.